The highest BCUT2D eigenvalue weighted by Crippen LogP contribution is 2.23. The van der Waals surface area contributed by atoms with Crippen molar-refractivity contribution in [3.8, 4) is 0 Å². The van der Waals surface area contributed by atoms with Crippen LogP contribution in [0.4, 0.5) is 0 Å². The lowest BCUT2D eigenvalue weighted by Gasteiger charge is -2.14. The van der Waals surface area contributed by atoms with Gasteiger partial charge in [-0.25, -0.2) is 4.98 Å². The van der Waals surface area contributed by atoms with Crippen molar-refractivity contribution in [2.24, 2.45) is 5.73 Å². The topological polar surface area (TPSA) is 56.7 Å². The molecule has 17 heavy (non-hydrogen) atoms. The summed E-state index contributed by atoms with van der Waals surface area (Å²) in [6.45, 7) is 3.06. The van der Waals surface area contributed by atoms with Gasteiger partial charge in [0.25, 0.3) is 0 Å². The van der Waals surface area contributed by atoms with Crippen molar-refractivity contribution >= 4 is 15.9 Å². The molecule has 0 aliphatic carbocycles. The van der Waals surface area contributed by atoms with Gasteiger partial charge < -0.3 is 10.3 Å². The quantitative estimate of drug-likeness (QED) is 0.943. The van der Waals surface area contributed by atoms with Gasteiger partial charge in [0.05, 0.1) is 5.69 Å². The maximum atomic E-state index is 6.22. The summed E-state index contributed by atoms with van der Waals surface area (Å²) < 4.78 is 2.99. The van der Waals surface area contributed by atoms with Gasteiger partial charge in [-0.1, -0.05) is 6.92 Å². The largest absolute Gasteiger partial charge is 0.333 e. The van der Waals surface area contributed by atoms with Crippen molar-refractivity contribution in [2.75, 3.05) is 0 Å². The SMILES string of the molecule is CCCn1ccnc1C(N)c1ncccc1Br. The number of aryl methyl sites for hydroxylation is 1. The predicted octanol–water partition coefficient (Wildman–Crippen LogP) is 2.50. The molecule has 0 saturated carbocycles. The normalized spacial score (nSPS) is 12.6. The second kappa shape index (κ2) is 5.42. The first-order valence-electron chi connectivity index (χ1n) is 5.61. The van der Waals surface area contributed by atoms with Crippen molar-refractivity contribution in [3.63, 3.8) is 0 Å². The van der Waals surface area contributed by atoms with E-state index in [0.717, 1.165) is 29.0 Å². The van der Waals surface area contributed by atoms with E-state index < -0.39 is 0 Å². The Kier molecular flexibility index (Phi) is 3.91. The summed E-state index contributed by atoms with van der Waals surface area (Å²) in [4.78, 5) is 8.64. The fraction of sp³-hybridized carbons (Fsp3) is 0.333. The predicted molar refractivity (Wildman–Crippen MR) is 70.5 cm³/mol. The van der Waals surface area contributed by atoms with E-state index in [9.17, 15) is 0 Å². The fourth-order valence-corrected chi connectivity index (χ4v) is 2.28. The van der Waals surface area contributed by atoms with E-state index in [1.807, 2.05) is 18.3 Å². The van der Waals surface area contributed by atoms with Crippen LogP contribution in [0.3, 0.4) is 0 Å². The lowest BCUT2D eigenvalue weighted by Crippen LogP contribution is -2.19. The summed E-state index contributed by atoms with van der Waals surface area (Å²) in [5.74, 6) is 0.853. The van der Waals surface area contributed by atoms with E-state index in [4.69, 9.17) is 5.73 Å². The third-order valence-corrected chi connectivity index (χ3v) is 3.24. The first-order chi connectivity index (χ1) is 8.24. The molecule has 5 heteroatoms. The van der Waals surface area contributed by atoms with Crippen LogP contribution in [0.15, 0.2) is 35.2 Å². The summed E-state index contributed by atoms with van der Waals surface area (Å²) in [5, 5.41) is 0. The summed E-state index contributed by atoms with van der Waals surface area (Å²) in [7, 11) is 0. The number of pyridine rings is 1. The van der Waals surface area contributed by atoms with E-state index in [1.54, 1.807) is 12.4 Å². The standard InChI is InChI=1S/C12H15BrN4/c1-2-7-17-8-6-16-12(17)10(14)11-9(13)4-3-5-15-11/h3-6,8,10H,2,7,14H2,1H3. The van der Waals surface area contributed by atoms with Crippen molar-refractivity contribution in [1.29, 1.82) is 0 Å². The number of imidazole rings is 1. The molecule has 0 bridgehead atoms. The molecule has 1 unspecified atom stereocenters. The number of aromatic nitrogens is 3. The zero-order valence-electron chi connectivity index (χ0n) is 9.68. The smallest absolute Gasteiger partial charge is 0.131 e. The maximum absolute atomic E-state index is 6.22. The lowest BCUT2D eigenvalue weighted by molar-refractivity contribution is 0.606. The van der Waals surface area contributed by atoms with Crippen LogP contribution < -0.4 is 5.73 Å². The minimum atomic E-state index is -0.299. The van der Waals surface area contributed by atoms with E-state index >= 15 is 0 Å². The summed E-state index contributed by atoms with van der Waals surface area (Å²) in [6.07, 6.45) is 6.53. The van der Waals surface area contributed by atoms with Gasteiger partial charge in [-0.3, -0.25) is 4.98 Å². The van der Waals surface area contributed by atoms with E-state index in [0.29, 0.717) is 0 Å². The molecule has 0 spiro atoms. The molecule has 0 amide bonds. The maximum Gasteiger partial charge on any atom is 0.131 e. The molecule has 2 aromatic rings. The highest BCUT2D eigenvalue weighted by molar-refractivity contribution is 9.10. The summed E-state index contributed by atoms with van der Waals surface area (Å²) >= 11 is 3.47. The molecule has 1 atom stereocenters. The van der Waals surface area contributed by atoms with Crippen LogP contribution in [0.2, 0.25) is 0 Å². The molecule has 90 valence electrons. The van der Waals surface area contributed by atoms with Crippen molar-refractivity contribution in [2.45, 2.75) is 25.9 Å². The van der Waals surface area contributed by atoms with Gasteiger partial charge in [-0.2, -0.15) is 0 Å². The van der Waals surface area contributed by atoms with Crippen molar-refractivity contribution in [3.05, 3.63) is 46.7 Å². The molecule has 0 radical (unpaired) electrons. The number of rotatable bonds is 4. The van der Waals surface area contributed by atoms with E-state index in [-0.39, 0.29) is 6.04 Å². The van der Waals surface area contributed by atoms with Crippen LogP contribution >= 0.6 is 15.9 Å². The Bertz CT molecular complexity index is 495. The molecule has 4 nitrogen and oxygen atoms in total. The highest BCUT2D eigenvalue weighted by atomic mass is 79.9. The fourth-order valence-electron chi connectivity index (χ4n) is 1.78. The zero-order chi connectivity index (χ0) is 12.3. The number of nitrogens with two attached hydrogens (primary N) is 1. The first kappa shape index (κ1) is 12.3. The molecule has 2 heterocycles. The van der Waals surface area contributed by atoms with Gasteiger partial charge >= 0.3 is 0 Å². The Morgan fingerprint density at radius 3 is 2.94 bits per heavy atom. The Hall–Kier alpha value is -1.20. The average molecular weight is 295 g/mol. The Balaban J connectivity index is 2.34. The molecule has 0 fully saturated rings. The molecular formula is C12H15BrN4. The van der Waals surface area contributed by atoms with Gasteiger partial charge in [0.15, 0.2) is 0 Å². The summed E-state index contributed by atoms with van der Waals surface area (Å²) in [6, 6.07) is 3.51. The van der Waals surface area contributed by atoms with Crippen LogP contribution in [0, 0.1) is 0 Å². The molecular weight excluding hydrogens is 280 g/mol. The number of nitrogens with zero attached hydrogens (tertiary/aromatic N) is 3. The highest BCUT2D eigenvalue weighted by Gasteiger charge is 2.17. The van der Waals surface area contributed by atoms with Crippen LogP contribution in [-0.4, -0.2) is 14.5 Å². The molecule has 0 aliphatic heterocycles. The number of halogens is 1. The van der Waals surface area contributed by atoms with Crippen LogP contribution in [0.25, 0.3) is 0 Å². The average Bonchev–Trinajstić information content (AvgIpc) is 2.78. The Morgan fingerprint density at radius 2 is 2.24 bits per heavy atom. The van der Waals surface area contributed by atoms with E-state index in [2.05, 4.69) is 37.4 Å². The molecule has 0 saturated heterocycles. The van der Waals surface area contributed by atoms with E-state index in [1.165, 1.54) is 0 Å². The molecule has 2 rings (SSSR count). The van der Waals surface area contributed by atoms with Gasteiger partial charge in [0.2, 0.25) is 0 Å². The molecule has 2 N–H and O–H groups in total. The van der Waals surface area contributed by atoms with Gasteiger partial charge in [0, 0.05) is 29.6 Å². The first-order valence-corrected chi connectivity index (χ1v) is 6.40. The Morgan fingerprint density at radius 1 is 1.41 bits per heavy atom. The second-order valence-electron chi connectivity index (χ2n) is 3.83. The minimum absolute atomic E-state index is 0.299. The van der Waals surface area contributed by atoms with Crippen LogP contribution in [0.1, 0.15) is 30.9 Å². The summed E-state index contributed by atoms with van der Waals surface area (Å²) in [5.41, 5.74) is 7.03. The van der Waals surface area contributed by atoms with Gasteiger partial charge in [-0.15, -0.1) is 0 Å². The lowest BCUT2D eigenvalue weighted by atomic mass is 10.2. The van der Waals surface area contributed by atoms with Crippen molar-refractivity contribution < 1.29 is 0 Å². The van der Waals surface area contributed by atoms with Crippen molar-refractivity contribution in [1.82, 2.24) is 14.5 Å². The molecule has 2 aromatic heterocycles. The van der Waals surface area contributed by atoms with Crippen LogP contribution in [0.5, 0.6) is 0 Å². The second-order valence-corrected chi connectivity index (χ2v) is 4.68. The Labute approximate surface area is 109 Å². The third-order valence-electron chi connectivity index (χ3n) is 2.57. The number of hydrogen-bond acceptors (Lipinski definition) is 3. The molecule has 0 aromatic carbocycles. The monoisotopic (exact) mass is 294 g/mol. The van der Waals surface area contributed by atoms with Gasteiger partial charge in [-0.05, 0) is 34.5 Å². The van der Waals surface area contributed by atoms with Gasteiger partial charge in [0.1, 0.15) is 11.9 Å². The minimum Gasteiger partial charge on any atom is -0.333 e. The third kappa shape index (κ3) is 2.56. The molecule has 0 aliphatic rings. The number of hydrogen-bond donors (Lipinski definition) is 1. The van der Waals surface area contributed by atoms with Crippen LogP contribution in [-0.2, 0) is 6.54 Å². The zero-order valence-corrected chi connectivity index (χ0v) is 11.3.